The number of hydrogen-bond donors (Lipinski definition) is 0. The van der Waals surface area contributed by atoms with E-state index in [1.807, 2.05) is 19.9 Å². The molecule has 0 saturated heterocycles. The van der Waals surface area contributed by atoms with Gasteiger partial charge in [0.1, 0.15) is 6.54 Å². The average Bonchev–Trinajstić information content (AvgIpc) is 3.02. The second kappa shape index (κ2) is 9.13. The largest absolute Gasteiger partial charge is 0.493 e. The molecule has 3 rings (SSSR count). The van der Waals surface area contributed by atoms with Crippen molar-refractivity contribution < 1.29 is 23.8 Å². The molecule has 7 nitrogen and oxygen atoms in total. The monoisotopic (exact) mass is 428 g/mol. The lowest BCUT2D eigenvalue weighted by Gasteiger charge is -2.09. The minimum Gasteiger partial charge on any atom is -0.493 e. The van der Waals surface area contributed by atoms with Crippen LogP contribution < -0.4 is 14.3 Å². The first kappa shape index (κ1) is 21.6. The number of fused-ring (bicyclic) bond motifs is 1. The molecule has 1 amide bonds. The van der Waals surface area contributed by atoms with Crippen LogP contribution in [0.5, 0.6) is 11.5 Å². The fourth-order valence-corrected chi connectivity index (χ4v) is 4.26. The molecule has 0 fully saturated rings. The minimum absolute atomic E-state index is 0.0672. The number of methoxy groups -OCH3 is 2. The van der Waals surface area contributed by atoms with Crippen LogP contribution in [-0.4, -0.2) is 37.3 Å². The van der Waals surface area contributed by atoms with E-state index in [-0.39, 0.29) is 19.1 Å². The molecule has 0 saturated carbocycles. The molecule has 0 radical (unpaired) electrons. The Morgan fingerprint density at radius 1 is 1.00 bits per heavy atom. The van der Waals surface area contributed by atoms with Gasteiger partial charge in [-0.3, -0.25) is 9.59 Å². The summed E-state index contributed by atoms with van der Waals surface area (Å²) in [4.78, 5) is 29.8. The first-order valence-corrected chi connectivity index (χ1v) is 10.3. The summed E-state index contributed by atoms with van der Waals surface area (Å²) in [6.45, 7) is 5.82. The number of amides is 1. The Bertz CT molecular complexity index is 1160. The van der Waals surface area contributed by atoms with Crippen molar-refractivity contribution in [1.29, 1.82) is 0 Å². The first-order valence-electron chi connectivity index (χ1n) is 9.44. The summed E-state index contributed by atoms with van der Waals surface area (Å²) in [5, 5.41) is 0. The minimum atomic E-state index is -0.410. The SMILES string of the molecule is CCOC(=O)Cn1c(=NC(=O)c2cc(C)cc(C)c2)sc2cc(OC)c(OC)cc21. The number of carbonyl (C=O) groups is 2. The van der Waals surface area contributed by atoms with Crippen molar-refractivity contribution in [3.63, 3.8) is 0 Å². The zero-order valence-corrected chi connectivity index (χ0v) is 18.5. The zero-order valence-electron chi connectivity index (χ0n) is 17.6. The number of rotatable bonds is 6. The van der Waals surface area contributed by atoms with Crippen molar-refractivity contribution in [2.24, 2.45) is 4.99 Å². The van der Waals surface area contributed by atoms with Crippen LogP contribution in [-0.2, 0) is 16.1 Å². The van der Waals surface area contributed by atoms with Gasteiger partial charge in [0.2, 0.25) is 0 Å². The molecule has 2 aromatic carbocycles. The standard InChI is InChI=1S/C22H24N2O5S/c1-6-29-20(25)12-24-16-10-17(27-4)18(28-5)11-19(16)30-22(24)23-21(26)15-8-13(2)7-14(3)9-15/h7-11H,6,12H2,1-5H3. The summed E-state index contributed by atoms with van der Waals surface area (Å²) in [6, 6.07) is 9.17. The molecule has 0 bridgehead atoms. The summed E-state index contributed by atoms with van der Waals surface area (Å²) in [5.41, 5.74) is 3.18. The lowest BCUT2D eigenvalue weighted by atomic mass is 10.1. The van der Waals surface area contributed by atoms with Gasteiger partial charge in [0, 0.05) is 17.7 Å². The van der Waals surface area contributed by atoms with Crippen LogP contribution in [0.25, 0.3) is 10.2 Å². The number of aryl methyl sites for hydroxylation is 2. The van der Waals surface area contributed by atoms with Crippen molar-refractivity contribution in [2.45, 2.75) is 27.3 Å². The number of ether oxygens (including phenoxy) is 3. The molecule has 0 spiro atoms. The molecule has 0 aliphatic carbocycles. The number of esters is 1. The molecule has 0 atom stereocenters. The van der Waals surface area contributed by atoms with Crippen molar-refractivity contribution in [1.82, 2.24) is 4.57 Å². The average molecular weight is 429 g/mol. The highest BCUT2D eigenvalue weighted by Gasteiger charge is 2.16. The molecule has 30 heavy (non-hydrogen) atoms. The van der Waals surface area contributed by atoms with Crippen molar-refractivity contribution >= 4 is 33.4 Å². The van der Waals surface area contributed by atoms with Crippen LogP contribution in [0, 0.1) is 13.8 Å². The van der Waals surface area contributed by atoms with E-state index in [4.69, 9.17) is 14.2 Å². The summed E-state index contributed by atoms with van der Waals surface area (Å²) < 4.78 is 18.3. The van der Waals surface area contributed by atoms with Gasteiger partial charge in [-0.15, -0.1) is 0 Å². The Hall–Kier alpha value is -3.13. The van der Waals surface area contributed by atoms with Crippen LogP contribution in [0.4, 0.5) is 0 Å². The lowest BCUT2D eigenvalue weighted by molar-refractivity contribution is -0.143. The summed E-state index contributed by atoms with van der Waals surface area (Å²) in [5.74, 6) is 0.298. The second-order valence-corrected chi connectivity index (χ2v) is 7.75. The molecule has 0 unspecified atom stereocenters. The van der Waals surface area contributed by atoms with Gasteiger partial charge in [0.15, 0.2) is 16.3 Å². The van der Waals surface area contributed by atoms with Crippen LogP contribution in [0.15, 0.2) is 35.3 Å². The van der Waals surface area contributed by atoms with E-state index < -0.39 is 5.97 Å². The number of aromatic nitrogens is 1. The number of carbonyl (C=O) groups excluding carboxylic acids is 2. The third-order valence-corrected chi connectivity index (χ3v) is 5.49. The molecule has 1 heterocycles. The molecule has 158 valence electrons. The third-order valence-electron chi connectivity index (χ3n) is 4.45. The maximum Gasteiger partial charge on any atom is 0.326 e. The van der Waals surface area contributed by atoms with Gasteiger partial charge < -0.3 is 18.8 Å². The Labute approximate surface area is 178 Å². The smallest absolute Gasteiger partial charge is 0.326 e. The van der Waals surface area contributed by atoms with E-state index in [1.165, 1.54) is 11.3 Å². The first-order chi connectivity index (χ1) is 14.4. The second-order valence-electron chi connectivity index (χ2n) is 6.74. The van der Waals surface area contributed by atoms with E-state index in [0.29, 0.717) is 27.4 Å². The fraction of sp³-hybridized carbons (Fsp3) is 0.318. The maximum absolute atomic E-state index is 12.9. The number of benzene rings is 2. The maximum atomic E-state index is 12.9. The van der Waals surface area contributed by atoms with Gasteiger partial charge in [-0.1, -0.05) is 28.5 Å². The lowest BCUT2D eigenvalue weighted by Crippen LogP contribution is -2.23. The van der Waals surface area contributed by atoms with E-state index in [1.54, 1.807) is 50.0 Å². The fourth-order valence-electron chi connectivity index (χ4n) is 3.22. The molecule has 0 N–H and O–H groups in total. The third kappa shape index (κ3) is 4.54. The summed E-state index contributed by atoms with van der Waals surface area (Å²) in [7, 11) is 3.10. The van der Waals surface area contributed by atoms with Crippen LogP contribution >= 0.6 is 11.3 Å². The number of nitrogens with zero attached hydrogens (tertiary/aromatic N) is 2. The van der Waals surface area contributed by atoms with Gasteiger partial charge in [-0.25, -0.2) is 0 Å². The predicted octanol–water partition coefficient (Wildman–Crippen LogP) is 3.64. The van der Waals surface area contributed by atoms with E-state index >= 15 is 0 Å². The van der Waals surface area contributed by atoms with Crippen LogP contribution in [0.1, 0.15) is 28.4 Å². The summed E-state index contributed by atoms with van der Waals surface area (Å²) >= 11 is 1.30. The van der Waals surface area contributed by atoms with Crippen molar-refractivity contribution in [3.05, 3.63) is 51.8 Å². The molecule has 0 aliphatic rings. The quantitative estimate of drug-likeness (QED) is 0.560. The van der Waals surface area contributed by atoms with Crippen LogP contribution in [0.3, 0.4) is 0 Å². The van der Waals surface area contributed by atoms with Gasteiger partial charge in [-0.2, -0.15) is 4.99 Å². The Balaban J connectivity index is 2.19. The van der Waals surface area contributed by atoms with Crippen molar-refractivity contribution in [3.8, 4) is 11.5 Å². The normalized spacial score (nSPS) is 11.6. The number of thiazole rings is 1. The van der Waals surface area contributed by atoms with Crippen molar-refractivity contribution in [2.75, 3.05) is 20.8 Å². The molecular formula is C22H24N2O5S. The Morgan fingerprint density at radius 3 is 2.23 bits per heavy atom. The molecule has 8 heteroatoms. The molecule has 1 aromatic heterocycles. The van der Waals surface area contributed by atoms with E-state index in [2.05, 4.69) is 4.99 Å². The Kier molecular flexibility index (Phi) is 6.56. The highest BCUT2D eigenvalue weighted by atomic mass is 32.1. The van der Waals surface area contributed by atoms with Gasteiger partial charge in [-0.05, 0) is 32.9 Å². The van der Waals surface area contributed by atoms with Crippen LogP contribution in [0.2, 0.25) is 0 Å². The molecule has 0 aliphatic heterocycles. The zero-order chi connectivity index (χ0) is 21.8. The van der Waals surface area contributed by atoms with E-state index in [0.717, 1.165) is 15.8 Å². The van der Waals surface area contributed by atoms with Gasteiger partial charge >= 0.3 is 5.97 Å². The number of hydrogen-bond acceptors (Lipinski definition) is 6. The Morgan fingerprint density at radius 2 is 1.63 bits per heavy atom. The predicted molar refractivity (Wildman–Crippen MR) is 115 cm³/mol. The highest BCUT2D eigenvalue weighted by Crippen LogP contribution is 2.33. The topological polar surface area (TPSA) is 79.1 Å². The van der Waals surface area contributed by atoms with E-state index in [9.17, 15) is 9.59 Å². The molecule has 3 aromatic rings. The highest BCUT2D eigenvalue weighted by molar-refractivity contribution is 7.16. The molecular weight excluding hydrogens is 404 g/mol. The van der Waals surface area contributed by atoms with Gasteiger partial charge in [0.25, 0.3) is 5.91 Å². The summed E-state index contributed by atoms with van der Waals surface area (Å²) in [6.07, 6.45) is 0. The van der Waals surface area contributed by atoms with Gasteiger partial charge in [0.05, 0.1) is 31.0 Å².